The van der Waals surface area contributed by atoms with E-state index in [1.54, 1.807) is 0 Å². The lowest BCUT2D eigenvalue weighted by molar-refractivity contribution is -0.883. The Morgan fingerprint density at radius 1 is 0.692 bits per heavy atom. The van der Waals surface area contributed by atoms with Gasteiger partial charge in [0.1, 0.15) is 5.78 Å². The normalized spacial score (nSPS) is 11.7. The Hall–Kier alpha value is -0.900. The number of aliphatic carboxylic acids is 1. The van der Waals surface area contributed by atoms with Gasteiger partial charge in [-0.3, -0.25) is 4.79 Å². The third-order valence-electron chi connectivity index (χ3n) is 5.09. The maximum atomic E-state index is 11.9. The van der Waals surface area contributed by atoms with Crippen molar-refractivity contribution in [3.63, 3.8) is 0 Å². The summed E-state index contributed by atoms with van der Waals surface area (Å²) in [5.74, 6) is -0.382. The van der Waals surface area contributed by atoms with Crippen molar-refractivity contribution >= 4 is 11.8 Å². The zero-order valence-corrected chi connectivity index (χ0v) is 17.7. The molecule has 0 radical (unpaired) electrons. The maximum Gasteiger partial charge on any atom is 0.359 e. The van der Waals surface area contributed by atoms with E-state index in [1.165, 1.54) is 64.2 Å². The van der Waals surface area contributed by atoms with Gasteiger partial charge < -0.3 is 9.59 Å². The number of ketones is 1. The number of quaternary nitrogens is 1. The highest BCUT2D eigenvalue weighted by atomic mass is 16.4. The van der Waals surface area contributed by atoms with Gasteiger partial charge >= 0.3 is 5.97 Å². The Morgan fingerprint density at radius 3 is 1.58 bits per heavy atom. The van der Waals surface area contributed by atoms with Crippen molar-refractivity contribution < 1.29 is 19.2 Å². The van der Waals surface area contributed by atoms with E-state index < -0.39 is 5.97 Å². The number of carbonyl (C=O) groups is 2. The van der Waals surface area contributed by atoms with Crippen molar-refractivity contribution in [1.29, 1.82) is 0 Å². The number of Topliss-reactive ketones (excluding diaryl/α,β-unsaturated/α-hetero) is 1. The third-order valence-corrected chi connectivity index (χ3v) is 5.09. The summed E-state index contributed by atoms with van der Waals surface area (Å²) in [6, 6.07) is 0. The van der Waals surface area contributed by atoms with E-state index in [0.29, 0.717) is 16.7 Å². The van der Waals surface area contributed by atoms with E-state index in [0.717, 1.165) is 32.2 Å². The second-order valence-corrected chi connectivity index (χ2v) is 8.49. The predicted molar refractivity (Wildman–Crippen MR) is 109 cm³/mol. The van der Waals surface area contributed by atoms with Crippen molar-refractivity contribution in [3.05, 3.63) is 0 Å². The molecule has 4 heteroatoms. The van der Waals surface area contributed by atoms with Crippen molar-refractivity contribution in [2.75, 3.05) is 27.2 Å². The van der Waals surface area contributed by atoms with Gasteiger partial charge in [0.2, 0.25) is 0 Å². The first-order valence-electron chi connectivity index (χ1n) is 10.9. The highest BCUT2D eigenvalue weighted by molar-refractivity contribution is 5.78. The highest BCUT2D eigenvalue weighted by Gasteiger charge is 2.18. The summed E-state index contributed by atoms with van der Waals surface area (Å²) in [6.07, 6.45) is 17.6. The lowest BCUT2D eigenvalue weighted by Crippen LogP contribution is -2.44. The molecule has 0 saturated carbocycles. The quantitative estimate of drug-likeness (QED) is 0.238. The van der Waals surface area contributed by atoms with Gasteiger partial charge in [-0.25, -0.2) is 4.79 Å². The van der Waals surface area contributed by atoms with E-state index in [9.17, 15) is 9.59 Å². The van der Waals surface area contributed by atoms with Gasteiger partial charge in [0.05, 0.1) is 20.6 Å². The van der Waals surface area contributed by atoms with Gasteiger partial charge in [0.15, 0.2) is 6.54 Å². The number of likely N-dealkylation sites (N-methyl/N-ethyl adjacent to an activating group) is 1. The molecule has 0 atom stereocenters. The van der Waals surface area contributed by atoms with Crippen LogP contribution in [0.5, 0.6) is 0 Å². The Morgan fingerprint density at radius 2 is 1.12 bits per heavy atom. The molecule has 0 fully saturated rings. The minimum Gasteiger partial charge on any atom is -0.477 e. The SMILES string of the molecule is CCCCCCCCCCCCCC(=O)CCCC[N+](C)(C)CC(=O)O. The van der Waals surface area contributed by atoms with Gasteiger partial charge in [-0.2, -0.15) is 0 Å². The second-order valence-electron chi connectivity index (χ2n) is 8.49. The molecule has 0 saturated heterocycles. The van der Waals surface area contributed by atoms with Gasteiger partial charge in [0, 0.05) is 12.8 Å². The number of carboxylic acids is 1. The van der Waals surface area contributed by atoms with Crippen LogP contribution in [0.25, 0.3) is 0 Å². The molecule has 26 heavy (non-hydrogen) atoms. The summed E-state index contributed by atoms with van der Waals surface area (Å²) in [5, 5.41) is 8.86. The lowest BCUT2D eigenvalue weighted by atomic mass is 10.0. The Kier molecular flexibility index (Phi) is 15.7. The molecule has 0 aromatic heterocycles. The number of hydrogen-bond donors (Lipinski definition) is 1. The molecule has 0 heterocycles. The lowest BCUT2D eigenvalue weighted by Gasteiger charge is -2.27. The first kappa shape index (κ1) is 25.1. The second kappa shape index (κ2) is 16.3. The topological polar surface area (TPSA) is 54.4 Å². The van der Waals surface area contributed by atoms with E-state index in [1.807, 2.05) is 14.1 Å². The van der Waals surface area contributed by atoms with Gasteiger partial charge in [-0.15, -0.1) is 0 Å². The third kappa shape index (κ3) is 17.9. The number of rotatable bonds is 19. The van der Waals surface area contributed by atoms with Crippen LogP contribution >= 0.6 is 0 Å². The summed E-state index contributed by atoms with van der Waals surface area (Å²) in [6.45, 7) is 3.22. The van der Waals surface area contributed by atoms with Crippen LogP contribution in [0.3, 0.4) is 0 Å². The number of carbonyl (C=O) groups excluding carboxylic acids is 1. The Balaban J connectivity index is 3.38. The van der Waals surface area contributed by atoms with Crippen LogP contribution in [-0.4, -0.2) is 48.5 Å². The first-order chi connectivity index (χ1) is 12.4. The van der Waals surface area contributed by atoms with Crippen LogP contribution in [-0.2, 0) is 9.59 Å². The molecule has 154 valence electrons. The molecule has 0 unspecified atom stereocenters. The van der Waals surface area contributed by atoms with E-state index in [-0.39, 0.29) is 6.54 Å². The standard InChI is InChI=1S/C22H43NO3/c1-4-5-6-7-8-9-10-11-12-13-14-17-21(24)18-15-16-19-23(2,3)20-22(25)26/h4-20H2,1-3H3/p+1. The Bertz CT molecular complexity index is 366. The molecule has 0 bridgehead atoms. The van der Waals surface area contributed by atoms with E-state index >= 15 is 0 Å². The largest absolute Gasteiger partial charge is 0.477 e. The van der Waals surface area contributed by atoms with E-state index in [2.05, 4.69) is 6.92 Å². The summed E-state index contributed by atoms with van der Waals surface area (Å²) < 4.78 is 0.488. The van der Waals surface area contributed by atoms with Crippen LogP contribution in [0.15, 0.2) is 0 Å². The molecule has 0 aliphatic carbocycles. The van der Waals surface area contributed by atoms with E-state index in [4.69, 9.17) is 5.11 Å². The molecule has 4 nitrogen and oxygen atoms in total. The average Bonchev–Trinajstić information content (AvgIpc) is 2.55. The van der Waals surface area contributed by atoms with Crippen LogP contribution in [0.1, 0.15) is 103 Å². The molecule has 0 rings (SSSR count). The molecule has 0 amide bonds. The predicted octanol–water partition coefficient (Wildman–Crippen LogP) is 5.59. The molecule has 0 aliphatic rings. The summed E-state index contributed by atoms with van der Waals surface area (Å²) >= 11 is 0. The summed E-state index contributed by atoms with van der Waals surface area (Å²) in [7, 11) is 3.86. The fourth-order valence-corrected chi connectivity index (χ4v) is 3.42. The van der Waals surface area contributed by atoms with Crippen LogP contribution in [0.2, 0.25) is 0 Å². The van der Waals surface area contributed by atoms with Crippen molar-refractivity contribution in [2.24, 2.45) is 0 Å². The zero-order valence-electron chi connectivity index (χ0n) is 17.7. The van der Waals surface area contributed by atoms with Gasteiger partial charge in [-0.05, 0) is 19.3 Å². The molecule has 0 aromatic rings. The summed E-state index contributed by atoms with van der Waals surface area (Å²) in [5.41, 5.74) is 0. The molecule has 0 spiro atoms. The van der Waals surface area contributed by atoms with Crippen molar-refractivity contribution in [1.82, 2.24) is 0 Å². The van der Waals surface area contributed by atoms with Crippen molar-refractivity contribution in [2.45, 2.75) is 103 Å². The number of nitrogens with zero attached hydrogens (tertiary/aromatic N) is 1. The highest BCUT2D eigenvalue weighted by Crippen LogP contribution is 2.13. The minimum absolute atomic E-state index is 0.146. The monoisotopic (exact) mass is 370 g/mol. The summed E-state index contributed by atoms with van der Waals surface area (Å²) in [4.78, 5) is 22.7. The molecular formula is C22H44NO3+. The van der Waals surface area contributed by atoms with Gasteiger partial charge in [0.25, 0.3) is 0 Å². The fraction of sp³-hybridized carbons (Fsp3) is 0.909. The minimum atomic E-state index is -0.762. The average molecular weight is 371 g/mol. The Labute approximate surface area is 161 Å². The fourth-order valence-electron chi connectivity index (χ4n) is 3.42. The molecule has 1 N–H and O–H groups in total. The van der Waals surface area contributed by atoms with Crippen LogP contribution in [0.4, 0.5) is 0 Å². The van der Waals surface area contributed by atoms with Crippen LogP contribution in [0, 0.1) is 0 Å². The molecule has 0 aromatic carbocycles. The van der Waals surface area contributed by atoms with Gasteiger partial charge in [-0.1, -0.05) is 71.1 Å². The maximum absolute atomic E-state index is 11.9. The van der Waals surface area contributed by atoms with Crippen LogP contribution < -0.4 is 0 Å². The first-order valence-corrected chi connectivity index (χ1v) is 10.9. The number of unbranched alkanes of at least 4 members (excludes halogenated alkanes) is 11. The molecular weight excluding hydrogens is 326 g/mol. The molecule has 0 aliphatic heterocycles. The number of carboxylic acid groups (broad SMARTS) is 1. The zero-order chi connectivity index (χ0) is 19.7. The number of hydrogen-bond acceptors (Lipinski definition) is 2. The smallest absolute Gasteiger partial charge is 0.359 e. The van der Waals surface area contributed by atoms with Crippen molar-refractivity contribution in [3.8, 4) is 0 Å².